The average Bonchev–Trinajstić information content (AvgIpc) is 3.29. The third-order valence-electron chi connectivity index (χ3n) is 3.67. The van der Waals surface area contributed by atoms with Gasteiger partial charge < -0.3 is 4.42 Å². The molecule has 0 radical (unpaired) electrons. The van der Waals surface area contributed by atoms with Crippen LogP contribution < -0.4 is 4.90 Å². The molecule has 0 fully saturated rings. The summed E-state index contributed by atoms with van der Waals surface area (Å²) in [5.41, 5.74) is 1.93. The molecule has 0 saturated carbocycles. The fraction of sp³-hybridized carbons (Fsp3) is 0.0526. The topological polar surface area (TPSA) is 46.3 Å². The summed E-state index contributed by atoms with van der Waals surface area (Å²) < 4.78 is 6.35. The van der Waals surface area contributed by atoms with E-state index in [-0.39, 0.29) is 5.91 Å². The van der Waals surface area contributed by atoms with Crippen molar-refractivity contribution in [3.63, 3.8) is 0 Å². The quantitative estimate of drug-likeness (QED) is 0.542. The molecule has 0 spiro atoms. The predicted octanol–water partition coefficient (Wildman–Crippen LogP) is 4.74. The summed E-state index contributed by atoms with van der Waals surface area (Å²) in [6, 6.07) is 21.1. The number of carbonyl (C=O) groups excluding carboxylic acids is 1. The van der Waals surface area contributed by atoms with Gasteiger partial charge >= 0.3 is 0 Å². The number of furan rings is 1. The van der Waals surface area contributed by atoms with E-state index in [0.29, 0.717) is 17.4 Å². The zero-order valence-corrected chi connectivity index (χ0v) is 13.6. The van der Waals surface area contributed by atoms with Crippen LogP contribution in [0.2, 0.25) is 0 Å². The van der Waals surface area contributed by atoms with Crippen molar-refractivity contribution in [1.29, 1.82) is 0 Å². The molecule has 0 bridgehead atoms. The highest BCUT2D eigenvalue weighted by Crippen LogP contribution is 2.30. The Morgan fingerprint density at radius 1 is 1.00 bits per heavy atom. The number of hydrogen-bond acceptors (Lipinski definition) is 4. The molecule has 0 aliphatic rings. The minimum Gasteiger partial charge on any atom is -0.459 e. The van der Waals surface area contributed by atoms with Crippen molar-refractivity contribution in [2.24, 2.45) is 0 Å². The molecule has 4 nitrogen and oxygen atoms in total. The molecule has 5 heteroatoms. The van der Waals surface area contributed by atoms with Crippen molar-refractivity contribution in [3.8, 4) is 0 Å². The van der Waals surface area contributed by atoms with Crippen molar-refractivity contribution >= 4 is 32.6 Å². The molecule has 4 aromatic rings. The summed E-state index contributed by atoms with van der Waals surface area (Å²) in [4.78, 5) is 19.2. The predicted molar refractivity (Wildman–Crippen MR) is 95.3 cm³/mol. The van der Waals surface area contributed by atoms with E-state index in [1.165, 1.54) is 17.6 Å². The largest absolute Gasteiger partial charge is 0.459 e. The highest BCUT2D eigenvalue weighted by Gasteiger charge is 2.23. The number of benzene rings is 2. The van der Waals surface area contributed by atoms with Crippen LogP contribution in [0.3, 0.4) is 0 Å². The van der Waals surface area contributed by atoms with Gasteiger partial charge in [0.15, 0.2) is 10.9 Å². The van der Waals surface area contributed by atoms with Gasteiger partial charge in [0.25, 0.3) is 5.91 Å². The molecule has 118 valence electrons. The highest BCUT2D eigenvalue weighted by atomic mass is 32.1. The van der Waals surface area contributed by atoms with Crippen LogP contribution in [0.1, 0.15) is 16.1 Å². The Morgan fingerprint density at radius 2 is 1.79 bits per heavy atom. The third kappa shape index (κ3) is 2.81. The van der Waals surface area contributed by atoms with Gasteiger partial charge in [-0.05, 0) is 29.8 Å². The Morgan fingerprint density at radius 3 is 2.54 bits per heavy atom. The van der Waals surface area contributed by atoms with Crippen molar-refractivity contribution in [2.45, 2.75) is 6.54 Å². The van der Waals surface area contributed by atoms with Gasteiger partial charge in [-0.3, -0.25) is 9.69 Å². The van der Waals surface area contributed by atoms with Crippen LogP contribution in [-0.4, -0.2) is 10.9 Å². The Balaban J connectivity index is 1.75. The molecule has 2 aromatic carbocycles. The summed E-state index contributed by atoms with van der Waals surface area (Å²) in [6.07, 6.45) is 1.51. The maximum Gasteiger partial charge on any atom is 0.296 e. The molecule has 1 amide bonds. The summed E-state index contributed by atoms with van der Waals surface area (Å²) in [5, 5.41) is 0.668. The van der Waals surface area contributed by atoms with Gasteiger partial charge in [-0.1, -0.05) is 53.8 Å². The summed E-state index contributed by atoms with van der Waals surface area (Å²) in [5.74, 6) is 0.119. The second-order valence-corrected chi connectivity index (χ2v) is 6.33. The number of hydrogen-bond donors (Lipinski definition) is 0. The van der Waals surface area contributed by atoms with E-state index in [1.807, 2.05) is 54.6 Å². The number of carbonyl (C=O) groups is 1. The van der Waals surface area contributed by atoms with E-state index in [9.17, 15) is 4.79 Å². The van der Waals surface area contributed by atoms with Crippen molar-refractivity contribution in [3.05, 3.63) is 84.3 Å². The van der Waals surface area contributed by atoms with Gasteiger partial charge in [-0.15, -0.1) is 0 Å². The number of rotatable bonds is 4. The molecule has 0 aliphatic heterocycles. The van der Waals surface area contributed by atoms with Crippen molar-refractivity contribution < 1.29 is 9.21 Å². The number of amides is 1. The molecule has 0 aliphatic carbocycles. The normalized spacial score (nSPS) is 10.8. The van der Waals surface area contributed by atoms with Gasteiger partial charge in [0.2, 0.25) is 0 Å². The standard InChI is InChI=1S/C19H14N2O2S/c22-18(16-10-6-12-23-16)21(13-14-7-2-1-3-8-14)19-20-15-9-4-5-11-17(15)24-19/h1-12H,13H2. The van der Waals surface area contributed by atoms with Gasteiger partial charge in [0, 0.05) is 0 Å². The Kier molecular flexibility index (Phi) is 3.84. The van der Waals surface area contributed by atoms with E-state index in [0.717, 1.165) is 15.8 Å². The molecule has 0 unspecified atom stereocenters. The Bertz CT molecular complexity index is 928. The first-order valence-electron chi connectivity index (χ1n) is 7.56. The molecule has 2 heterocycles. The number of anilines is 1. The number of thiazole rings is 1. The van der Waals surface area contributed by atoms with E-state index in [1.54, 1.807) is 17.0 Å². The van der Waals surface area contributed by atoms with Crippen LogP contribution in [0.15, 0.2) is 77.4 Å². The Labute approximate surface area is 143 Å². The lowest BCUT2D eigenvalue weighted by Crippen LogP contribution is -2.30. The number of nitrogens with zero attached hydrogens (tertiary/aromatic N) is 2. The minimum atomic E-state index is -0.192. The average molecular weight is 334 g/mol. The van der Waals surface area contributed by atoms with E-state index in [2.05, 4.69) is 4.98 Å². The SMILES string of the molecule is O=C(c1ccco1)N(Cc1ccccc1)c1nc2ccccc2s1. The van der Waals surface area contributed by atoms with Gasteiger partial charge in [0.05, 0.1) is 23.0 Å². The molecular weight excluding hydrogens is 320 g/mol. The molecule has 24 heavy (non-hydrogen) atoms. The van der Waals surface area contributed by atoms with E-state index in [4.69, 9.17) is 4.42 Å². The number of aromatic nitrogens is 1. The summed E-state index contributed by atoms with van der Waals surface area (Å²) >= 11 is 1.50. The van der Waals surface area contributed by atoms with Gasteiger partial charge in [-0.25, -0.2) is 4.98 Å². The first-order valence-corrected chi connectivity index (χ1v) is 8.38. The van der Waals surface area contributed by atoms with Crippen LogP contribution >= 0.6 is 11.3 Å². The second kappa shape index (κ2) is 6.29. The minimum absolute atomic E-state index is 0.192. The molecular formula is C19H14N2O2S. The van der Waals surface area contributed by atoms with E-state index >= 15 is 0 Å². The van der Waals surface area contributed by atoms with E-state index < -0.39 is 0 Å². The lowest BCUT2D eigenvalue weighted by molar-refractivity contribution is 0.0958. The van der Waals surface area contributed by atoms with Crippen LogP contribution in [0.25, 0.3) is 10.2 Å². The van der Waals surface area contributed by atoms with Crippen LogP contribution in [0, 0.1) is 0 Å². The number of fused-ring (bicyclic) bond motifs is 1. The van der Waals surface area contributed by atoms with Crippen LogP contribution in [-0.2, 0) is 6.54 Å². The van der Waals surface area contributed by atoms with Crippen LogP contribution in [0.4, 0.5) is 5.13 Å². The molecule has 0 atom stereocenters. The molecule has 0 N–H and O–H groups in total. The van der Waals surface area contributed by atoms with Gasteiger partial charge in [-0.2, -0.15) is 0 Å². The highest BCUT2D eigenvalue weighted by molar-refractivity contribution is 7.22. The fourth-order valence-corrected chi connectivity index (χ4v) is 3.46. The first-order chi connectivity index (χ1) is 11.8. The van der Waals surface area contributed by atoms with Crippen LogP contribution in [0.5, 0.6) is 0 Å². The molecule has 4 rings (SSSR count). The smallest absolute Gasteiger partial charge is 0.296 e. The number of para-hydroxylation sites is 1. The fourth-order valence-electron chi connectivity index (χ4n) is 2.50. The summed E-state index contributed by atoms with van der Waals surface area (Å²) in [6.45, 7) is 0.445. The van der Waals surface area contributed by atoms with Crippen molar-refractivity contribution in [2.75, 3.05) is 4.90 Å². The molecule has 2 aromatic heterocycles. The molecule has 0 saturated heterocycles. The third-order valence-corrected chi connectivity index (χ3v) is 4.73. The zero-order valence-electron chi connectivity index (χ0n) is 12.8. The maximum atomic E-state index is 12.9. The zero-order chi connectivity index (χ0) is 16.4. The Hall–Kier alpha value is -2.92. The monoisotopic (exact) mass is 334 g/mol. The first kappa shape index (κ1) is 14.7. The van der Waals surface area contributed by atoms with Crippen molar-refractivity contribution in [1.82, 2.24) is 4.98 Å². The maximum absolute atomic E-state index is 12.9. The lowest BCUT2D eigenvalue weighted by atomic mass is 10.2. The van der Waals surface area contributed by atoms with Gasteiger partial charge in [0.1, 0.15) is 0 Å². The lowest BCUT2D eigenvalue weighted by Gasteiger charge is -2.18. The second-order valence-electron chi connectivity index (χ2n) is 5.32. The summed E-state index contributed by atoms with van der Waals surface area (Å²) in [7, 11) is 0.